The van der Waals surface area contributed by atoms with E-state index < -0.39 is 0 Å². The van der Waals surface area contributed by atoms with Crippen LogP contribution in [0.5, 0.6) is 0 Å². The molecule has 3 aromatic carbocycles. The summed E-state index contributed by atoms with van der Waals surface area (Å²) in [4.78, 5) is 0. The number of fused-ring (bicyclic) bond motifs is 1. The van der Waals surface area contributed by atoms with Crippen LogP contribution in [0, 0.1) is 25.7 Å². The first-order valence-corrected chi connectivity index (χ1v) is 14.7. The second-order valence-electron chi connectivity index (χ2n) is 12.0. The van der Waals surface area contributed by atoms with Gasteiger partial charge in [-0.2, -0.15) is 0 Å². The van der Waals surface area contributed by atoms with Crippen LogP contribution in [-0.2, 0) is 7.05 Å². The van der Waals surface area contributed by atoms with Gasteiger partial charge < -0.3 is 0 Å². The fourth-order valence-corrected chi connectivity index (χ4v) is 7.44. The molecule has 0 spiro atoms. The molecule has 0 amide bonds. The highest BCUT2D eigenvalue weighted by atomic mass is 14.9. The summed E-state index contributed by atoms with van der Waals surface area (Å²) in [5.74, 6) is 2.77. The first-order valence-electron chi connectivity index (χ1n) is 14.7. The Morgan fingerprint density at radius 3 is 2.11 bits per heavy atom. The Morgan fingerprint density at radius 1 is 0.622 bits per heavy atom. The molecule has 4 aromatic rings. The molecule has 1 heterocycles. The van der Waals surface area contributed by atoms with Crippen molar-refractivity contribution in [2.45, 2.75) is 77.6 Å². The van der Waals surface area contributed by atoms with Crippen molar-refractivity contribution < 1.29 is 4.57 Å². The third-order valence-electron chi connectivity index (χ3n) is 9.63. The molecule has 0 atom stereocenters. The number of aromatic nitrogens is 1. The number of nitrogens with zero attached hydrogens (tertiary/aromatic N) is 1. The Morgan fingerprint density at radius 2 is 1.32 bits per heavy atom. The molecule has 6 rings (SSSR count). The van der Waals surface area contributed by atoms with E-state index in [2.05, 4.69) is 98.4 Å². The predicted octanol–water partition coefficient (Wildman–Crippen LogP) is 9.47. The zero-order valence-corrected chi connectivity index (χ0v) is 23.0. The van der Waals surface area contributed by atoms with Gasteiger partial charge >= 0.3 is 0 Å². The molecule has 1 nitrogen and oxygen atoms in total. The minimum absolute atomic E-state index is 0.747. The molecule has 2 aliphatic carbocycles. The Hall–Kier alpha value is -2.93. The highest BCUT2D eigenvalue weighted by Gasteiger charge is 2.29. The molecule has 1 heteroatoms. The Bertz CT molecular complexity index is 1400. The Labute approximate surface area is 223 Å². The van der Waals surface area contributed by atoms with Crippen molar-refractivity contribution in [3.05, 3.63) is 89.6 Å². The van der Waals surface area contributed by atoms with E-state index in [-0.39, 0.29) is 0 Å². The zero-order valence-electron chi connectivity index (χ0n) is 23.0. The molecule has 1 aromatic heterocycles. The van der Waals surface area contributed by atoms with E-state index in [1.807, 2.05) is 0 Å². The molecule has 2 fully saturated rings. The summed E-state index contributed by atoms with van der Waals surface area (Å²) in [7, 11) is 2.16. The molecule has 0 aliphatic heterocycles. The second-order valence-corrected chi connectivity index (χ2v) is 12.0. The van der Waals surface area contributed by atoms with Crippen LogP contribution in [-0.4, -0.2) is 0 Å². The van der Waals surface area contributed by atoms with Gasteiger partial charge in [0.15, 0.2) is 6.20 Å². The van der Waals surface area contributed by atoms with E-state index >= 15 is 0 Å². The van der Waals surface area contributed by atoms with Crippen LogP contribution < -0.4 is 4.57 Å². The minimum Gasteiger partial charge on any atom is -0.201 e. The van der Waals surface area contributed by atoms with Crippen molar-refractivity contribution >= 4 is 10.8 Å². The lowest BCUT2D eigenvalue weighted by Gasteiger charge is -2.36. The standard InChI is InChI=1S/C36H42N/c1-25-9-7-8-12-34(25)36-23-35(26(2)24-37(36)3)33-20-19-31-21-30(17-18-32(31)22-33)29-15-13-28(14-16-29)27-10-5-4-6-11-27/h7-9,12,17-24,27-29H,4-6,10-11,13-16H2,1-3H3/q+1. The highest BCUT2D eigenvalue weighted by molar-refractivity contribution is 5.88. The van der Waals surface area contributed by atoms with Crippen molar-refractivity contribution in [2.75, 3.05) is 0 Å². The van der Waals surface area contributed by atoms with Gasteiger partial charge in [-0.05, 0) is 102 Å². The third-order valence-corrected chi connectivity index (χ3v) is 9.63. The van der Waals surface area contributed by atoms with Gasteiger partial charge in [0.05, 0.1) is 0 Å². The van der Waals surface area contributed by atoms with Crippen LogP contribution in [0.2, 0.25) is 0 Å². The van der Waals surface area contributed by atoms with Crippen LogP contribution >= 0.6 is 0 Å². The van der Waals surface area contributed by atoms with Crippen LogP contribution in [0.15, 0.2) is 72.9 Å². The average molecular weight is 489 g/mol. The normalized spacial score (nSPS) is 20.8. The van der Waals surface area contributed by atoms with E-state index in [4.69, 9.17) is 0 Å². The van der Waals surface area contributed by atoms with Crippen LogP contribution in [0.4, 0.5) is 0 Å². The second kappa shape index (κ2) is 10.4. The maximum atomic E-state index is 2.49. The van der Waals surface area contributed by atoms with Gasteiger partial charge in [0.2, 0.25) is 5.69 Å². The fraction of sp³-hybridized carbons (Fsp3) is 0.417. The number of benzene rings is 3. The third kappa shape index (κ3) is 4.98. The van der Waals surface area contributed by atoms with Gasteiger partial charge in [-0.1, -0.05) is 80.6 Å². The minimum atomic E-state index is 0.747. The topological polar surface area (TPSA) is 3.88 Å². The molecule has 2 aliphatic rings. The molecule has 0 N–H and O–H groups in total. The van der Waals surface area contributed by atoms with E-state index in [9.17, 15) is 0 Å². The molecule has 0 saturated heterocycles. The predicted molar refractivity (Wildman–Crippen MR) is 157 cm³/mol. The van der Waals surface area contributed by atoms with Gasteiger partial charge in [0, 0.05) is 17.2 Å². The summed E-state index contributed by atoms with van der Waals surface area (Å²) in [6.07, 6.45) is 15.4. The first kappa shape index (κ1) is 24.4. The van der Waals surface area contributed by atoms with Gasteiger partial charge in [0.25, 0.3) is 0 Å². The fourth-order valence-electron chi connectivity index (χ4n) is 7.44. The van der Waals surface area contributed by atoms with E-state index in [0.717, 1.165) is 17.8 Å². The molecule has 2 saturated carbocycles. The maximum Gasteiger partial charge on any atom is 0.213 e. The van der Waals surface area contributed by atoms with Gasteiger partial charge in [-0.15, -0.1) is 0 Å². The van der Waals surface area contributed by atoms with Crippen LogP contribution in [0.3, 0.4) is 0 Å². The maximum absolute atomic E-state index is 2.49. The lowest BCUT2D eigenvalue weighted by molar-refractivity contribution is -0.660. The Balaban J connectivity index is 1.24. The summed E-state index contributed by atoms with van der Waals surface area (Å²) in [5, 5.41) is 2.73. The smallest absolute Gasteiger partial charge is 0.201 e. The summed E-state index contributed by atoms with van der Waals surface area (Å²) in [6.45, 7) is 4.43. The van der Waals surface area contributed by atoms with Crippen molar-refractivity contribution in [3.8, 4) is 22.4 Å². The highest BCUT2D eigenvalue weighted by Crippen LogP contribution is 2.43. The summed E-state index contributed by atoms with van der Waals surface area (Å²) in [5.41, 5.74) is 9.38. The monoisotopic (exact) mass is 488 g/mol. The molecular formula is C36H42N+. The van der Waals surface area contributed by atoms with Crippen LogP contribution in [0.25, 0.3) is 33.2 Å². The van der Waals surface area contributed by atoms with Gasteiger partial charge in [-0.3, -0.25) is 0 Å². The number of aryl methyl sites for hydroxylation is 3. The van der Waals surface area contributed by atoms with E-state index in [1.54, 1.807) is 5.56 Å². The molecule has 190 valence electrons. The average Bonchev–Trinajstić information content (AvgIpc) is 2.94. The molecule has 0 unspecified atom stereocenters. The summed E-state index contributed by atoms with van der Waals surface area (Å²) < 4.78 is 2.26. The summed E-state index contributed by atoms with van der Waals surface area (Å²) in [6, 6.07) is 25.4. The number of pyridine rings is 1. The number of rotatable bonds is 4. The zero-order chi connectivity index (χ0) is 25.4. The SMILES string of the molecule is Cc1c[n+](C)c(-c2ccccc2C)cc1-c1ccc2cc(C3CCC(C4CCCCC4)CC3)ccc2c1. The quantitative estimate of drug-likeness (QED) is 0.252. The lowest BCUT2D eigenvalue weighted by atomic mass is 9.70. The first-order chi connectivity index (χ1) is 18.1. The molecule has 0 bridgehead atoms. The number of hydrogen-bond acceptors (Lipinski definition) is 0. The molecule has 0 radical (unpaired) electrons. The molecule has 37 heavy (non-hydrogen) atoms. The largest absolute Gasteiger partial charge is 0.213 e. The van der Waals surface area contributed by atoms with Crippen molar-refractivity contribution in [1.29, 1.82) is 0 Å². The lowest BCUT2D eigenvalue weighted by Crippen LogP contribution is -2.31. The van der Waals surface area contributed by atoms with Gasteiger partial charge in [0.1, 0.15) is 7.05 Å². The number of hydrogen-bond donors (Lipinski definition) is 0. The Kier molecular flexibility index (Phi) is 6.89. The van der Waals surface area contributed by atoms with Crippen molar-refractivity contribution in [2.24, 2.45) is 18.9 Å². The van der Waals surface area contributed by atoms with E-state index in [0.29, 0.717) is 0 Å². The van der Waals surface area contributed by atoms with Crippen LogP contribution in [0.1, 0.15) is 80.4 Å². The van der Waals surface area contributed by atoms with E-state index in [1.165, 1.54) is 102 Å². The summed E-state index contributed by atoms with van der Waals surface area (Å²) >= 11 is 0. The van der Waals surface area contributed by atoms with Gasteiger partial charge in [-0.25, -0.2) is 4.57 Å². The van der Waals surface area contributed by atoms with Crippen molar-refractivity contribution in [1.82, 2.24) is 0 Å². The van der Waals surface area contributed by atoms with Crippen molar-refractivity contribution in [3.63, 3.8) is 0 Å². The molecular weight excluding hydrogens is 446 g/mol.